The SMILES string of the molecule is COc1ncnc(OC)c1CNCCCCCCO. The van der Waals surface area contributed by atoms with Gasteiger partial charge in [-0.25, -0.2) is 9.97 Å². The van der Waals surface area contributed by atoms with Crippen LogP contribution in [0.25, 0.3) is 0 Å². The second kappa shape index (κ2) is 9.52. The van der Waals surface area contributed by atoms with Gasteiger partial charge in [-0.05, 0) is 19.4 Å². The Morgan fingerprint density at radius 2 is 1.68 bits per heavy atom. The number of aliphatic hydroxyl groups is 1. The van der Waals surface area contributed by atoms with Crippen LogP contribution < -0.4 is 14.8 Å². The first-order valence-electron chi connectivity index (χ1n) is 6.57. The lowest BCUT2D eigenvalue weighted by atomic mass is 10.2. The maximum atomic E-state index is 8.68. The molecular formula is C13H23N3O3. The fourth-order valence-corrected chi connectivity index (χ4v) is 1.81. The van der Waals surface area contributed by atoms with Crippen molar-refractivity contribution < 1.29 is 14.6 Å². The normalized spacial score (nSPS) is 10.5. The van der Waals surface area contributed by atoms with E-state index in [4.69, 9.17) is 14.6 Å². The van der Waals surface area contributed by atoms with Gasteiger partial charge in [-0.1, -0.05) is 12.8 Å². The van der Waals surface area contributed by atoms with Gasteiger partial charge >= 0.3 is 0 Å². The zero-order chi connectivity index (χ0) is 13.9. The van der Waals surface area contributed by atoms with E-state index in [1.54, 1.807) is 14.2 Å². The summed E-state index contributed by atoms with van der Waals surface area (Å²) in [5.74, 6) is 1.08. The van der Waals surface area contributed by atoms with Crippen LogP contribution in [-0.4, -0.2) is 42.4 Å². The van der Waals surface area contributed by atoms with Gasteiger partial charge in [0.15, 0.2) is 0 Å². The van der Waals surface area contributed by atoms with Gasteiger partial charge in [0, 0.05) is 13.2 Å². The second-order valence-electron chi connectivity index (χ2n) is 4.19. The van der Waals surface area contributed by atoms with Crippen LogP contribution in [0.15, 0.2) is 6.33 Å². The van der Waals surface area contributed by atoms with Gasteiger partial charge in [0.1, 0.15) is 6.33 Å². The van der Waals surface area contributed by atoms with E-state index in [0.29, 0.717) is 18.3 Å². The number of nitrogens with zero attached hydrogens (tertiary/aromatic N) is 2. The number of methoxy groups -OCH3 is 2. The van der Waals surface area contributed by atoms with Crippen molar-refractivity contribution in [1.29, 1.82) is 0 Å². The van der Waals surface area contributed by atoms with Crippen molar-refractivity contribution in [2.24, 2.45) is 0 Å². The molecule has 1 rings (SSSR count). The van der Waals surface area contributed by atoms with E-state index in [1.807, 2.05) is 0 Å². The number of hydrogen-bond acceptors (Lipinski definition) is 6. The predicted molar refractivity (Wildman–Crippen MR) is 72.4 cm³/mol. The molecule has 1 aromatic heterocycles. The zero-order valence-corrected chi connectivity index (χ0v) is 11.7. The summed E-state index contributed by atoms with van der Waals surface area (Å²) in [6, 6.07) is 0. The smallest absolute Gasteiger partial charge is 0.224 e. The Kier molecular flexibility index (Phi) is 7.84. The largest absolute Gasteiger partial charge is 0.481 e. The fourth-order valence-electron chi connectivity index (χ4n) is 1.81. The lowest BCUT2D eigenvalue weighted by Crippen LogP contribution is -2.16. The van der Waals surface area contributed by atoms with E-state index in [2.05, 4.69) is 15.3 Å². The number of aromatic nitrogens is 2. The molecule has 0 saturated carbocycles. The molecule has 0 atom stereocenters. The number of rotatable bonds is 10. The summed E-state index contributed by atoms with van der Waals surface area (Å²) in [6.07, 6.45) is 5.58. The van der Waals surface area contributed by atoms with Gasteiger partial charge in [0.25, 0.3) is 0 Å². The molecule has 2 N–H and O–H groups in total. The van der Waals surface area contributed by atoms with Crippen molar-refractivity contribution in [3.05, 3.63) is 11.9 Å². The number of aliphatic hydroxyl groups excluding tert-OH is 1. The molecule has 0 saturated heterocycles. The maximum Gasteiger partial charge on any atom is 0.224 e. The minimum absolute atomic E-state index is 0.281. The Bertz CT molecular complexity index is 339. The summed E-state index contributed by atoms with van der Waals surface area (Å²) in [4.78, 5) is 8.13. The van der Waals surface area contributed by atoms with E-state index in [1.165, 1.54) is 6.33 Å². The molecule has 0 aliphatic carbocycles. The highest BCUT2D eigenvalue weighted by Gasteiger charge is 2.11. The van der Waals surface area contributed by atoms with Gasteiger partial charge in [0.05, 0.1) is 19.8 Å². The average molecular weight is 269 g/mol. The van der Waals surface area contributed by atoms with Crippen LogP contribution >= 0.6 is 0 Å². The van der Waals surface area contributed by atoms with Crippen molar-refractivity contribution >= 4 is 0 Å². The van der Waals surface area contributed by atoms with Crippen LogP contribution in [0.2, 0.25) is 0 Å². The van der Waals surface area contributed by atoms with Crippen LogP contribution in [-0.2, 0) is 6.54 Å². The van der Waals surface area contributed by atoms with Crippen molar-refractivity contribution in [3.8, 4) is 11.8 Å². The van der Waals surface area contributed by atoms with Gasteiger partial charge < -0.3 is 19.9 Å². The van der Waals surface area contributed by atoms with Crippen LogP contribution in [0.3, 0.4) is 0 Å². The van der Waals surface area contributed by atoms with Crippen molar-refractivity contribution in [2.75, 3.05) is 27.4 Å². The van der Waals surface area contributed by atoms with Gasteiger partial charge in [-0.3, -0.25) is 0 Å². The summed E-state index contributed by atoms with van der Waals surface area (Å²) < 4.78 is 10.4. The molecule has 1 heterocycles. The molecule has 0 aliphatic heterocycles. The lowest BCUT2D eigenvalue weighted by Gasteiger charge is -2.11. The average Bonchev–Trinajstić information content (AvgIpc) is 2.46. The molecule has 0 radical (unpaired) electrons. The first kappa shape index (κ1) is 15.7. The fraction of sp³-hybridized carbons (Fsp3) is 0.692. The van der Waals surface area contributed by atoms with E-state index in [-0.39, 0.29) is 6.61 Å². The molecule has 108 valence electrons. The molecule has 6 heteroatoms. The topological polar surface area (TPSA) is 76.5 Å². The zero-order valence-electron chi connectivity index (χ0n) is 11.7. The number of ether oxygens (including phenoxy) is 2. The minimum Gasteiger partial charge on any atom is -0.481 e. The molecule has 0 fully saturated rings. The van der Waals surface area contributed by atoms with Gasteiger partial charge in [0.2, 0.25) is 11.8 Å². The molecule has 0 unspecified atom stereocenters. The van der Waals surface area contributed by atoms with Crippen molar-refractivity contribution in [3.63, 3.8) is 0 Å². The van der Waals surface area contributed by atoms with Crippen molar-refractivity contribution in [1.82, 2.24) is 15.3 Å². The predicted octanol–water partition coefficient (Wildman–Crippen LogP) is 1.14. The third-order valence-corrected chi connectivity index (χ3v) is 2.82. The van der Waals surface area contributed by atoms with Crippen molar-refractivity contribution in [2.45, 2.75) is 32.2 Å². The molecule has 19 heavy (non-hydrogen) atoms. The van der Waals surface area contributed by atoms with Crippen LogP contribution in [0.5, 0.6) is 11.8 Å². The van der Waals surface area contributed by atoms with Crippen LogP contribution in [0.1, 0.15) is 31.2 Å². The van der Waals surface area contributed by atoms with Crippen LogP contribution in [0, 0.1) is 0 Å². The molecular weight excluding hydrogens is 246 g/mol. The summed E-state index contributed by atoms with van der Waals surface area (Å²) in [7, 11) is 3.17. The monoisotopic (exact) mass is 269 g/mol. The quantitative estimate of drug-likeness (QED) is 0.620. The molecule has 0 aliphatic rings. The summed E-state index contributed by atoms with van der Waals surface area (Å²) in [6.45, 7) is 1.81. The van der Waals surface area contributed by atoms with E-state index >= 15 is 0 Å². The van der Waals surface area contributed by atoms with E-state index < -0.39 is 0 Å². The highest BCUT2D eigenvalue weighted by Crippen LogP contribution is 2.22. The molecule has 0 amide bonds. The first-order valence-corrected chi connectivity index (χ1v) is 6.57. The summed E-state index contributed by atoms with van der Waals surface area (Å²) in [5, 5.41) is 12.0. The highest BCUT2D eigenvalue weighted by molar-refractivity contribution is 5.34. The molecule has 0 spiro atoms. The third-order valence-electron chi connectivity index (χ3n) is 2.82. The standard InChI is InChI=1S/C13H23N3O3/c1-18-12-11(13(19-2)16-10-15-12)9-14-7-5-3-4-6-8-17/h10,14,17H,3-9H2,1-2H3. The van der Waals surface area contributed by atoms with Crippen LogP contribution in [0.4, 0.5) is 0 Å². The second-order valence-corrected chi connectivity index (χ2v) is 4.19. The third kappa shape index (κ3) is 5.40. The Hall–Kier alpha value is -1.40. The van der Waals surface area contributed by atoms with E-state index in [0.717, 1.165) is 37.8 Å². The number of hydrogen-bond donors (Lipinski definition) is 2. The Morgan fingerprint density at radius 1 is 1.05 bits per heavy atom. The Labute approximate surface area is 114 Å². The minimum atomic E-state index is 0.281. The summed E-state index contributed by atoms with van der Waals surface area (Å²) >= 11 is 0. The molecule has 0 aromatic carbocycles. The molecule has 6 nitrogen and oxygen atoms in total. The lowest BCUT2D eigenvalue weighted by molar-refractivity contribution is 0.282. The summed E-state index contributed by atoms with van der Waals surface area (Å²) in [5.41, 5.74) is 0.836. The number of nitrogens with one attached hydrogen (secondary N) is 1. The molecule has 0 bridgehead atoms. The Balaban J connectivity index is 2.35. The highest BCUT2D eigenvalue weighted by atomic mass is 16.5. The maximum absolute atomic E-state index is 8.68. The number of unbranched alkanes of at least 4 members (excludes halogenated alkanes) is 3. The van der Waals surface area contributed by atoms with Gasteiger partial charge in [-0.15, -0.1) is 0 Å². The first-order chi connectivity index (χ1) is 9.33. The van der Waals surface area contributed by atoms with E-state index in [9.17, 15) is 0 Å². The Morgan fingerprint density at radius 3 is 2.26 bits per heavy atom. The molecule has 1 aromatic rings. The van der Waals surface area contributed by atoms with Gasteiger partial charge in [-0.2, -0.15) is 0 Å².